The quantitative estimate of drug-likeness (QED) is 0.905. The first kappa shape index (κ1) is 13.4. The molecule has 0 spiro atoms. The highest BCUT2D eigenvalue weighted by atomic mass is 35.5. The van der Waals surface area contributed by atoms with Gasteiger partial charge in [-0.3, -0.25) is 9.82 Å². The number of sulfonamides is 1. The lowest BCUT2D eigenvalue weighted by atomic mass is 10.2. The molecule has 98 valence electrons. The van der Waals surface area contributed by atoms with Crippen molar-refractivity contribution in [1.29, 1.82) is 5.26 Å². The first-order valence-corrected chi connectivity index (χ1v) is 7.02. The lowest BCUT2D eigenvalue weighted by Crippen LogP contribution is -2.13. The van der Waals surface area contributed by atoms with Gasteiger partial charge in [0.2, 0.25) is 0 Å². The van der Waals surface area contributed by atoms with E-state index in [0.29, 0.717) is 16.9 Å². The minimum atomic E-state index is -3.81. The number of hydrogen-bond acceptors (Lipinski definition) is 4. The summed E-state index contributed by atoms with van der Waals surface area (Å²) >= 11 is 5.88. The van der Waals surface area contributed by atoms with Crippen LogP contribution in [0.25, 0.3) is 0 Å². The monoisotopic (exact) mass is 296 g/mol. The highest BCUT2D eigenvalue weighted by Gasteiger charge is 2.19. The van der Waals surface area contributed by atoms with Crippen molar-refractivity contribution in [3.05, 3.63) is 40.7 Å². The van der Waals surface area contributed by atoms with Crippen LogP contribution in [0.5, 0.6) is 0 Å². The van der Waals surface area contributed by atoms with Crippen molar-refractivity contribution in [3.8, 4) is 6.07 Å². The molecule has 1 aromatic heterocycles. The fourth-order valence-electron chi connectivity index (χ4n) is 1.44. The molecule has 0 amide bonds. The van der Waals surface area contributed by atoms with Crippen LogP contribution in [0.4, 0.5) is 5.69 Å². The predicted molar refractivity (Wildman–Crippen MR) is 70.3 cm³/mol. The van der Waals surface area contributed by atoms with Gasteiger partial charge in [-0.05, 0) is 25.1 Å². The van der Waals surface area contributed by atoms with Crippen molar-refractivity contribution >= 4 is 27.3 Å². The lowest BCUT2D eigenvalue weighted by molar-refractivity contribution is 0.601. The van der Waals surface area contributed by atoms with Crippen LogP contribution in [0.3, 0.4) is 0 Å². The third-order valence-corrected chi connectivity index (χ3v) is 4.27. The number of rotatable bonds is 3. The van der Waals surface area contributed by atoms with E-state index in [-0.39, 0.29) is 9.92 Å². The number of anilines is 1. The molecule has 0 radical (unpaired) electrons. The third kappa shape index (κ3) is 2.70. The number of aryl methyl sites for hydroxylation is 1. The summed E-state index contributed by atoms with van der Waals surface area (Å²) in [7, 11) is -3.81. The zero-order valence-corrected chi connectivity index (χ0v) is 11.4. The first-order chi connectivity index (χ1) is 8.94. The number of benzene rings is 1. The molecule has 8 heteroatoms. The Balaban J connectivity index is 2.41. The topological polar surface area (TPSA) is 98.6 Å². The van der Waals surface area contributed by atoms with Crippen LogP contribution in [0.1, 0.15) is 11.3 Å². The number of aromatic amines is 1. The summed E-state index contributed by atoms with van der Waals surface area (Å²) in [5.41, 5.74) is 1.23. The van der Waals surface area contributed by atoms with Crippen LogP contribution in [0.15, 0.2) is 29.3 Å². The summed E-state index contributed by atoms with van der Waals surface area (Å²) in [4.78, 5) is -0.0891. The molecule has 19 heavy (non-hydrogen) atoms. The number of nitrogens with zero attached hydrogens (tertiary/aromatic N) is 2. The fourth-order valence-corrected chi connectivity index (χ4v) is 3.10. The number of H-pyrrole nitrogens is 1. The Bertz CT molecular complexity index is 761. The minimum Gasteiger partial charge on any atom is -0.281 e. The second kappa shape index (κ2) is 4.91. The van der Waals surface area contributed by atoms with Gasteiger partial charge in [0.1, 0.15) is 4.90 Å². The average Bonchev–Trinajstić information content (AvgIpc) is 2.73. The normalized spacial score (nSPS) is 11.0. The van der Waals surface area contributed by atoms with E-state index in [4.69, 9.17) is 16.9 Å². The maximum Gasteiger partial charge on any atom is 0.263 e. The highest BCUT2D eigenvalue weighted by Crippen LogP contribution is 2.25. The van der Waals surface area contributed by atoms with E-state index in [0.717, 1.165) is 0 Å². The highest BCUT2D eigenvalue weighted by molar-refractivity contribution is 7.92. The predicted octanol–water partition coefficient (Wildman–Crippen LogP) is 2.04. The number of nitriles is 1. The molecular formula is C11H9ClN4O2S. The van der Waals surface area contributed by atoms with Crippen molar-refractivity contribution in [2.75, 3.05) is 4.72 Å². The van der Waals surface area contributed by atoms with E-state index in [9.17, 15) is 8.42 Å². The molecule has 0 saturated heterocycles. The Morgan fingerprint density at radius 1 is 1.47 bits per heavy atom. The first-order valence-electron chi connectivity index (χ1n) is 5.16. The molecule has 0 fully saturated rings. The molecule has 0 atom stereocenters. The molecule has 2 N–H and O–H groups in total. The smallest absolute Gasteiger partial charge is 0.263 e. The van der Waals surface area contributed by atoms with Gasteiger partial charge in [0.25, 0.3) is 10.0 Å². The van der Waals surface area contributed by atoms with Crippen molar-refractivity contribution < 1.29 is 8.42 Å². The van der Waals surface area contributed by atoms with Crippen molar-refractivity contribution in [2.45, 2.75) is 11.8 Å². The van der Waals surface area contributed by atoms with Gasteiger partial charge in [-0.15, -0.1) is 0 Å². The molecule has 1 heterocycles. The molecule has 6 nitrogen and oxygen atoms in total. The van der Waals surface area contributed by atoms with Gasteiger partial charge in [-0.1, -0.05) is 11.6 Å². The van der Waals surface area contributed by atoms with Crippen molar-refractivity contribution in [2.24, 2.45) is 0 Å². The zero-order chi connectivity index (χ0) is 14.0. The van der Waals surface area contributed by atoms with Crippen LogP contribution < -0.4 is 4.72 Å². The average molecular weight is 297 g/mol. The summed E-state index contributed by atoms with van der Waals surface area (Å²) in [5, 5.41) is 15.1. The maximum absolute atomic E-state index is 12.2. The van der Waals surface area contributed by atoms with Crippen LogP contribution >= 0.6 is 11.6 Å². The van der Waals surface area contributed by atoms with E-state index >= 15 is 0 Å². The van der Waals surface area contributed by atoms with Gasteiger partial charge in [-0.2, -0.15) is 10.4 Å². The Kier molecular flexibility index (Phi) is 3.46. The summed E-state index contributed by atoms with van der Waals surface area (Å²) in [6, 6.07) is 5.87. The van der Waals surface area contributed by atoms with Crippen molar-refractivity contribution in [3.63, 3.8) is 0 Å². The summed E-state index contributed by atoms with van der Waals surface area (Å²) in [6.07, 6.45) is 1.37. The molecule has 1 aromatic carbocycles. The van der Waals surface area contributed by atoms with Crippen molar-refractivity contribution in [1.82, 2.24) is 10.2 Å². The Hall–Kier alpha value is -2.04. The second-order valence-corrected chi connectivity index (χ2v) is 5.83. The molecule has 2 rings (SSSR count). The van der Waals surface area contributed by atoms with E-state index in [1.54, 1.807) is 6.92 Å². The molecule has 0 aliphatic rings. The van der Waals surface area contributed by atoms with Gasteiger partial charge in [0.15, 0.2) is 0 Å². The van der Waals surface area contributed by atoms with Crippen LogP contribution in [-0.4, -0.2) is 18.6 Å². The molecule has 0 aliphatic carbocycles. The summed E-state index contributed by atoms with van der Waals surface area (Å²) in [6.45, 7) is 1.69. The summed E-state index contributed by atoms with van der Waals surface area (Å²) < 4.78 is 26.7. The van der Waals surface area contributed by atoms with Gasteiger partial charge in [-0.25, -0.2) is 8.42 Å². The standard InChI is InChI=1S/C11H9ClN4O2S/c1-7-10(6-14-15-7)16-19(17,18)11-3-2-8(5-13)4-9(11)12/h2-4,6,16H,1H3,(H,14,15). The Labute approximate surface area is 115 Å². The summed E-state index contributed by atoms with van der Waals surface area (Å²) in [5.74, 6) is 0. The number of hydrogen-bond donors (Lipinski definition) is 2. The fraction of sp³-hybridized carbons (Fsp3) is 0.0909. The molecule has 2 aromatic rings. The van der Waals surface area contributed by atoms with Gasteiger partial charge in [0.05, 0.1) is 34.2 Å². The van der Waals surface area contributed by atoms with Crippen LogP contribution in [0, 0.1) is 18.3 Å². The largest absolute Gasteiger partial charge is 0.281 e. The maximum atomic E-state index is 12.2. The zero-order valence-electron chi connectivity index (χ0n) is 9.81. The van der Waals surface area contributed by atoms with Gasteiger partial charge in [0, 0.05) is 0 Å². The van der Waals surface area contributed by atoms with E-state index in [2.05, 4.69) is 14.9 Å². The van der Waals surface area contributed by atoms with E-state index < -0.39 is 10.0 Å². The minimum absolute atomic E-state index is 0.00676. The third-order valence-electron chi connectivity index (χ3n) is 2.42. The van der Waals surface area contributed by atoms with Gasteiger partial charge < -0.3 is 0 Å². The number of nitrogens with one attached hydrogen (secondary N) is 2. The van der Waals surface area contributed by atoms with Crippen LogP contribution in [0.2, 0.25) is 5.02 Å². The lowest BCUT2D eigenvalue weighted by Gasteiger charge is -2.08. The van der Waals surface area contributed by atoms with E-state index in [1.165, 1.54) is 24.4 Å². The number of aromatic nitrogens is 2. The number of halogens is 1. The molecule has 0 aliphatic heterocycles. The molecule has 0 saturated carbocycles. The van der Waals surface area contributed by atoms with Gasteiger partial charge >= 0.3 is 0 Å². The Morgan fingerprint density at radius 2 is 2.21 bits per heavy atom. The molecule has 0 unspecified atom stereocenters. The SMILES string of the molecule is Cc1[nH]ncc1NS(=O)(=O)c1ccc(C#N)cc1Cl. The molecular weight excluding hydrogens is 288 g/mol. The Morgan fingerprint density at radius 3 is 2.74 bits per heavy atom. The molecule has 0 bridgehead atoms. The van der Waals surface area contributed by atoms with Crippen LogP contribution in [-0.2, 0) is 10.0 Å². The second-order valence-electron chi connectivity index (χ2n) is 3.77. The van der Waals surface area contributed by atoms with E-state index in [1.807, 2.05) is 6.07 Å².